The molecule has 7 heteroatoms. The highest BCUT2D eigenvalue weighted by molar-refractivity contribution is 7.46. The van der Waals surface area contributed by atoms with Crippen LogP contribution in [0.15, 0.2) is 0 Å². The van der Waals surface area contributed by atoms with Crippen molar-refractivity contribution < 1.29 is 28.3 Å². The molecule has 1 unspecified atom stereocenters. The average Bonchev–Trinajstić information content (AvgIpc) is 2.15. The lowest BCUT2D eigenvalue weighted by Crippen LogP contribution is -2.38. The molecule has 0 heterocycles. The highest BCUT2D eigenvalue weighted by Crippen LogP contribution is 2.42. The minimum Gasteiger partial charge on any atom is -0.376 e. The van der Waals surface area contributed by atoms with E-state index in [0.717, 1.165) is 6.42 Å². The van der Waals surface area contributed by atoms with Gasteiger partial charge < -0.3 is 19.3 Å². The molecule has 2 N–H and O–H groups in total. The van der Waals surface area contributed by atoms with Crippen molar-refractivity contribution in [3.8, 4) is 0 Å². The van der Waals surface area contributed by atoms with E-state index < -0.39 is 13.6 Å². The first-order valence-corrected chi connectivity index (χ1v) is 6.31. The van der Waals surface area contributed by atoms with Crippen molar-refractivity contribution in [1.29, 1.82) is 0 Å². The van der Waals surface area contributed by atoms with Gasteiger partial charge in [-0.2, -0.15) is 0 Å². The molecule has 0 aromatic carbocycles. The normalized spacial score (nSPS) is 16.3. The van der Waals surface area contributed by atoms with Gasteiger partial charge >= 0.3 is 7.82 Å². The van der Waals surface area contributed by atoms with E-state index >= 15 is 0 Å². The lowest BCUT2D eigenvalue weighted by Gasteiger charge is -2.30. The molecule has 0 saturated carbocycles. The van der Waals surface area contributed by atoms with Crippen LogP contribution in [0.2, 0.25) is 0 Å². The molecule has 15 heavy (non-hydrogen) atoms. The molecule has 1 atom stereocenters. The molecular weight excluding hydrogens is 223 g/mol. The fourth-order valence-electron chi connectivity index (χ4n) is 1.02. The Morgan fingerprint density at radius 2 is 1.93 bits per heavy atom. The molecule has 6 nitrogen and oxygen atoms in total. The van der Waals surface area contributed by atoms with E-state index in [1.165, 1.54) is 7.11 Å². The Morgan fingerprint density at radius 1 is 1.33 bits per heavy atom. The van der Waals surface area contributed by atoms with E-state index in [-0.39, 0.29) is 6.61 Å². The fraction of sp³-hybridized carbons (Fsp3) is 1.00. The Morgan fingerprint density at radius 3 is 2.27 bits per heavy atom. The van der Waals surface area contributed by atoms with Gasteiger partial charge in [0.2, 0.25) is 5.79 Å². The van der Waals surface area contributed by atoms with Crippen molar-refractivity contribution in [2.45, 2.75) is 32.5 Å². The zero-order valence-electron chi connectivity index (χ0n) is 9.30. The molecule has 0 rings (SSSR count). The van der Waals surface area contributed by atoms with Crippen LogP contribution in [0.3, 0.4) is 0 Å². The van der Waals surface area contributed by atoms with Gasteiger partial charge in [-0.1, -0.05) is 13.8 Å². The summed E-state index contributed by atoms with van der Waals surface area (Å²) in [5, 5.41) is 0. The number of hydrogen-bond donors (Lipinski definition) is 2. The molecule has 0 saturated heterocycles. The summed E-state index contributed by atoms with van der Waals surface area (Å²) < 4.78 is 25.5. The Labute approximate surface area is 89.8 Å². The molecular formula is C8H19O6P. The largest absolute Gasteiger partial charge is 0.472 e. The number of ether oxygens (including phenoxy) is 2. The SMILES string of the molecule is CCCOCC(CC)(OC)OP(=O)(O)O. The maximum absolute atomic E-state index is 10.7. The topological polar surface area (TPSA) is 85.2 Å². The second-order valence-electron chi connectivity index (χ2n) is 3.10. The van der Waals surface area contributed by atoms with Gasteiger partial charge in [0.1, 0.15) is 6.61 Å². The summed E-state index contributed by atoms with van der Waals surface area (Å²) in [5.41, 5.74) is 0. The van der Waals surface area contributed by atoms with E-state index in [1.54, 1.807) is 6.92 Å². The second kappa shape index (κ2) is 6.58. The van der Waals surface area contributed by atoms with E-state index in [2.05, 4.69) is 4.52 Å². The molecule has 0 aromatic heterocycles. The maximum atomic E-state index is 10.7. The first kappa shape index (κ1) is 15.0. The van der Waals surface area contributed by atoms with Crippen LogP contribution in [-0.4, -0.2) is 35.9 Å². The Hall–Kier alpha value is 0.0300. The Balaban J connectivity index is 4.37. The molecule has 0 fully saturated rings. The summed E-state index contributed by atoms with van der Waals surface area (Å²) in [5.74, 6) is -1.37. The summed E-state index contributed by atoms with van der Waals surface area (Å²) >= 11 is 0. The third kappa shape index (κ3) is 6.25. The zero-order chi connectivity index (χ0) is 11.9. The Kier molecular flexibility index (Phi) is 6.59. The molecule has 0 radical (unpaired) electrons. The highest BCUT2D eigenvalue weighted by Gasteiger charge is 2.36. The monoisotopic (exact) mass is 242 g/mol. The Bertz CT molecular complexity index is 209. The smallest absolute Gasteiger partial charge is 0.376 e. The van der Waals surface area contributed by atoms with Gasteiger partial charge in [0, 0.05) is 20.1 Å². The minimum absolute atomic E-state index is 0.00104. The van der Waals surface area contributed by atoms with Crippen LogP contribution in [-0.2, 0) is 18.6 Å². The molecule has 92 valence electrons. The van der Waals surface area contributed by atoms with Crippen LogP contribution >= 0.6 is 7.82 Å². The van der Waals surface area contributed by atoms with Gasteiger partial charge in [0.25, 0.3) is 0 Å². The number of methoxy groups -OCH3 is 1. The molecule has 0 aliphatic carbocycles. The standard InChI is InChI=1S/C8H19O6P/c1-4-6-13-7-8(5-2,12-3)14-15(9,10)11/h4-7H2,1-3H3,(H2,9,10,11). The van der Waals surface area contributed by atoms with E-state index in [4.69, 9.17) is 19.3 Å². The van der Waals surface area contributed by atoms with Gasteiger partial charge in [-0.05, 0) is 6.42 Å². The van der Waals surface area contributed by atoms with Crippen molar-refractivity contribution in [2.24, 2.45) is 0 Å². The summed E-state index contributed by atoms with van der Waals surface area (Å²) in [6, 6.07) is 0. The van der Waals surface area contributed by atoms with Crippen molar-refractivity contribution in [2.75, 3.05) is 20.3 Å². The fourth-order valence-corrected chi connectivity index (χ4v) is 1.71. The van der Waals surface area contributed by atoms with Gasteiger partial charge in [-0.15, -0.1) is 0 Å². The van der Waals surface area contributed by atoms with Crippen molar-refractivity contribution >= 4 is 7.82 Å². The van der Waals surface area contributed by atoms with Crippen LogP contribution in [0.4, 0.5) is 0 Å². The molecule has 0 spiro atoms. The summed E-state index contributed by atoms with van der Waals surface area (Å²) in [6.07, 6.45) is 1.11. The van der Waals surface area contributed by atoms with Crippen LogP contribution in [0.5, 0.6) is 0 Å². The number of rotatable bonds is 8. The lowest BCUT2D eigenvalue weighted by atomic mass is 10.2. The maximum Gasteiger partial charge on any atom is 0.472 e. The summed E-state index contributed by atoms with van der Waals surface area (Å²) in [6.45, 7) is 4.13. The average molecular weight is 242 g/mol. The van der Waals surface area contributed by atoms with Crippen LogP contribution in [0.25, 0.3) is 0 Å². The minimum atomic E-state index is -4.57. The van der Waals surface area contributed by atoms with E-state index in [0.29, 0.717) is 13.0 Å². The first-order valence-electron chi connectivity index (χ1n) is 4.78. The van der Waals surface area contributed by atoms with Crippen LogP contribution in [0.1, 0.15) is 26.7 Å². The van der Waals surface area contributed by atoms with Crippen molar-refractivity contribution in [3.05, 3.63) is 0 Å². The van der Waals surface area contributed by atoms with Crippen molar-refractivity contribution in [1.82, 2.24) is 0 Å². The quantitative estimate of drug-likeness (QED) is 0.379. The number of phosphoric acid groups is 1. The molecule has 0 bridgehead atoms. The summed E-state index contributed by atoms with van der Waals surface area (Å²) in [7, 11) is -3.25. The lowest BCUT2D eigenvalue weighted by molar-refractivity contribution is -0.208. The number of phosphoric ester groups is 1. The van der Waals surface area contributed by atoms with Gasteiger partial charge in [-0.3, -0.25) is 4.52 Å². The highest BCUT2D eigenvalue weighted by atomic mass is 31.2. The van der Waals surface area contributed by atoms with Crippen LogP contribution < -0.4 is 0 Å². The predicted molar refractivity (Wildman–Crippen MR) is 54.3 cm³/mol. The summed E-state index contributed by atoms with van der Waals surface area (Å²) in [4.78, 5) is 17.5. The predicted octanol–water partition coefficient (Wildman–Crippen LogP) is 1.27. The molecule has 0 amide bonds. The van der Waals surface area contributed by atoms with Gasteiger partial charge in [0.05, 0.1) is 0 Å². The molecule has 0 aliphatic heterocycles. The van der Waals surface area contributed by atoms with Crippen LogP contribution in [0, 0.1) is 0 Å². The van der Waals surface area contributed by atoms with Gasteiger partial charge in [0.15, 0.2) is 0 Å². The second-order valence-corrected chi connectivity index (χ2v) is 4.27. The van der Waals surface area contributed by atoms with E-state index in [1.807, 2.05) is 6.92 Å². The van der Waals surface area contributed by atoms with Crippen molar-refractivity contribution in [3.63, 3.8) is 0 Å². The third-order valence-electron chi connectivity index (χ3n) is 1.87. The van der Waals surface area contributed by atoms with Gasteiger partial charge in [-0.25, -0.2) is 4.57 Å². The third-order valence-corrected chi connectivity index (χ3v) is 2.44. The number of hydrogen-bond acceptors (Lipinski definition) is 4. The molecule has 0 aliphatic rings. The van der Waals surface area contributed by atoms with E-state index in [9.17, 15) is 4.57 Å². The first-order chi connectivity index (χ1) is 6.89. The zero-order valence-corrected chi connectivity index (χ0v) is 10.2. The molecule has 0 aromatic rings.